The van der Waals surface area contributed by atoms with Crippen LogP contribution in [0.25, 0.3) is 0 Å². The highest BCUT2D eigenvalue weighted by Gasteiger charge is 2.07. The number of methoxy groups -OCH3 is 1. The van der Waals surface area contributed by atoms with Gasteiger partial charge in [-0.25, -0.2) is 0 Å². The van der Waals surface area contributed by atoms with Gasteiger partial charge in [-0.05, 0) is 25.5 Å². The Balaban J connectivity index is 2.18. The van der Waals surface area contributed by atoms with Gasteiger partial charge in [-0.3, -0.25) is 4.79 Å². The van der Waals surface area contributed by atoms with Crippen molar-refractivity contribution in [1.82, 2.24) is 5.32 Å². The van der Waals surface area contributed by atoms with Crippen molar-refractivity contribution in [1.29, 1.82) is 0 Å². The summed E-state index contributed by atoms with van der Waals surface area (Å²) in [6, 6.07) is 10.5. The molecule has 0 amide bonds. The van der Waals surface area contributed by atoms with E-state index in [1.165, 1.54) is 12.7 Å². The van der Waals surface area contributed by atoms with Crippen molar-refractivity contribution in [3.05, 3.63) is 35.9 Å². The van der Waals surface area contributed by atoms with Crippen molar-refractivity contribution >= 4 is 5.97 Å². The summed E-state index contributed by atoms with van der Waals surface area (Å²) in [7, 11) is 1.42. The molecule has 16 heavy (non-hydrogen) atoms. The molecule has 88 valence electrons. The Morgan fingerprint density at radius 2 is 2.06 bits per heavy atom. The summed E-state index contributed by atoms with van der Waals surface area (Å²) in [5, 5.41) is 3.30. The second-order valence-electron chi connectivity index (χ2n) is 3.87. The van der Waals surface area contributed by atoms with Crippen LogP contribution in [-0.4, -0.2) is 25.7 Å². The summed E-state index contributed by atoms with van der Waals surface area (Å²) >= 11 is 0. The summed E-state index contributed by atoms with van der Waals surface area (Å²) in [6.45, 7) is 2.87. The molecule has 0 saturated heterocycles. The molecule has 0 spiro atoms. The highest BCUT2D eigenvalue weighted by Crippen LogP contribution is 1.99. The number of benzene rings is 1. The van der Waals surface area contributed by atoms with Gasteiger partial charge in [0, 0.05) is 6.04 Å². The van der Waals surface area contributed by atoms with E-state index in [-0.39, 0.29) is 12.0 Å². The van der Waals surface area contributed by atoms with Crippen LogP contribution < -0.4 is 5.32 Å². The summed E-state index contributed by atoms with van der Waals surface area (Å²) < 4.78 is 4.61. The number of hydrogen-bond donors (Lipinski definition) is 1. The first-order chi connectivity index (χ1) is 7.72. The maximum atomic E-state index is 11.0. The SMILES string of the molecule is COC(=O)C[C@H](C)NCCc1ccccc1. The van der Waals surface area contributed by atoms with Crippen molar-refractivity contribution in [2.75, 3.05) is 13.7 Å². The van der Waals surface area contributed by atoms with Crippen LogP contribution >= 0.6 is 0 Å². The fourth-order valence-electron chi connectivity index (χ4n) is 1.51. The molecule has 0 radical (unpaired) electrons. The van der Waals surface area contributed by atoms with Crippen molar-refractivity contribution in [2.24, 2.45) is 0 Å². The Morgan fingerprint density at radius 3 is 2.69 bits per heavy atom. The minimum Gasteiger partial charge on any atom is -0.469 e. The highest BCUT2D eigenvalue weighted by atomic mass is 16.5. The summed E-state index contributed by atoms with van der Waals surface area (Å²) in [5.74, 6) is -0.167. The van der Waals surface area contributed by atoms with Crippen LogP contribution in [0.4, 0.5) is 0 Å². The topological polar surface area (TPSA) is 38.3 Å². The second kappa shape index (κ2) is 7.01. The molecular formula is C13H19NO2. The predicted molar refractivity (Wildman–Crippen MR) is 64.2 cm³/mol. The number of hydrogen-bond acceptors (Lipinski definition) is 3. The standard InChI is InChI=1S/C13H19NO2/c1-11(10-13(15)16-2)14-9-8-12-6-4-3-5-7-12/h3-7,11,14H,8-10H2,1-2H3/t11-/m0/s1. The van der Waals surface area contributed by atoms with E-state index in [9.17, 15) is 4.79 Å². The van der Waals surface area contributed by atoms with Crippen molar-refractivity contribution in [3.8, 4) is 0 Å². The van der Waals surface area contributed by atoms with Crippen LogP contribution in [0.15, 0.2) is 30.3 Å². The quantitative estimate of drug-likeness (QED) is 0.744. The molecular weight excluding hydrogens is 202 g/mol. The normalized spacial score (nSPS) is 12.1. The number of rotatable bonds is 6. The van der Waals surface area contributed by atoms with Crippen LogP contribution in [0.3, 0.4) is 0 Å². The summed E-state index contributed by atoms with van der Waals surface area (Å²) in [6.07, 6.45) is 1.40. The van der Waals surface area contributed by atoms with Crippen LogP contribution in [0.1, 0.15) is 18.9 Å². The lowest BCUT2D eigenvalue weighted by Crippen LogP contribution is -2.30. The van der Waals surface area contributed by atoms with E-state index in [2.05, 4.69) is 22.2 Å². The Hall–Kier alpha value is -1.35. The van der Waals surface area contributed by atoms with E-state index in [1.54, 1.807) is 0 Å². The first-order valence-corrected chi connectivity index (χ1v) is 5.56. The third-order valence-corrected chi connectivity index (χ3v) is 2.45. The molecule has 0 aromatic heterocycles. The molecule has 1 aromatic rings. The van der Waals surface area contributed by atoms with Gasteiger partial charge in [0.25, 0.3) is 0 Å². The Kier molecular flexibility index (Phi) is 5.57. The van der Waals surface area contributed by atoms with Crippen LogP contribution in [0.5, 0.6) is 0 Å². The molecule has 0 aliphatic heterocycles. The Bertz CT molecular complexity index is 311. The molecule has 0 bridgehead atoms. The van der Waals surface area contributed by atoms with Gasteiger partial charge in [0.2, 0.25) is 0 Å². The lowest BCUT2D eigenvalue weighted by Gasteiger charge is -2.12. The minimum atomic E-state index is -0.167. The first-order valence-electron chi connectivity index (χ1n) is 5.56. The zero-order valence-corrected chi connectivity index (χ0v) is 9.90. The lowest BCUT2D eigenvalue weighted by molar-refractivity contribution is -0.141. The van der Waals surface area contributed by atoms with Gasteiger partial charge in [-0.1, -0.05) is 30.3 Å². The average Bonchev–Trinajstić information content (AvgIpc) is 2.30. The molecule has 0 heterocycles. The maximum Gasteiger partial charge on any atom is 0.307 e. The predicted octanol–water partition coefficient (Wildman–Crippen LogP) is 1.77. The van der Waals surface area contributed by atoms with E-state index >= 15 is 0 Å². The van der Waals surface area contributed by atoms with E-state index in [0.717, 1.165) is 13.0 Å². The number of esters is 1. The lowest BCUT2D eigenvalue weighted by atomic mass is 10.1. The number of carbonyl (C=O) groups is 1. The molecule has 0 aliphatic rings. The van der Waals surface area contributed by atoms with E-state index in [0.29, 0.717) is 6.42 Å². The van der Waals surface area contributed by atoms with E-state index < -0.39 is 0 Å². The van der Waals surface area contributed by atoms with Gasteiger partial charge in [-0.2, -0.15) is 0 Å². The molecule has 0 unspecified atom stereocenters. The fraction of sp³-hybridized carbons (Fsp3) is 0.462. The summed E-state index contributed by atoms with van der Waals surface area (Å²) in [5.41, 5.74) is 1.31. The van der Waals surface area contributed by atoms with Crippen LogP contribution in [0.2, 0.25) is 0 Å². The zero-order valence-electron chi connectivity index (χ0n) is 9.90. The van der Waals surface area contributed by atoms with E-state index in [4.69, 9.17) is 0 Å². The average molecular weight is 221 g/mol. The molecule has 0 fully saturated rings. The molecule has 1 atom stereocenters. The Morgan fingerprint density at radius 1 is 1.38 bits per heavy atom. The highest BCUT2D eigenvalue weighted by molar-refractivity contribution is 5.69. The number of carbonyl (C=O) groups excluding carboxylic acids is 1. The van der Waals surface area contributed by atoms with Crippen LogP contribution in [-0.2, 0) is 16.0 Å². The molecule has 3 nitrogen and oxygen atoms in total. The van der Waals surface area contributed by atoms with Crippen molar-refractivity contribution in [2.45, 2.75) is 25.8 Å². The van der Waals surface area contributed by atoms with Crippen molar-refractivity contribution < 1.29 is 9.53 Å². The smallest absolute Gasteiger partial charge is 0.307 e. The number of ether oxygens (including phenoxy) is 1. The van der Waals surface area contributed by atoms with E-state index in [1.807, 2.05) is 25.1 Å². The molecule has 1 N–H and O–H groups in total. The summed E-state index contributed by atoms with van der Waals surface area (Å²) in [4.78, 5) is 11.0. The van der Waals surface area contributed by atoms with Crippen molar-refractivity contribution in [3.63, 3.8) is 0 Å². The van der Waals surface area contributed by atoms with Gasteiger partial charge >= 0.3 is 5.97 Å². The number of nitrogens with one attached hydrogen (secondary N) is 1. The second-order valence-corrected chi connectivity index (χ2v) is 3.87. The largest absolute Gasteiger partial charge is 0.469 e. The Labute approximate surface area is 96.8 Å². The van der Waals surface area contributed by atoms with Gasteiger partial charge < -0.3 is 10.1 Å². The molecule has 1 rings (SSSR count). The molecule has 1 aromatic carbocycles. The molecule has 0 aliphatic carbocycles. The zero-order chi connectivity index (χ0) is 11.8. The van der Waals surface area contributed by atoms with Gasteiger partial charge in [0.15, 0.2) is 0 Å². The third-order valence-electron chi connectivity index (χ3n) is 2.45. The van der Waals surface area contributed by atoms with Gasteiger partial charge in [0.05, 0.1) is 13.5 Å². The first kappa shape index (κ1) is 12.7. The van der Waals surface area contributed by atoms with Gasteiger partial charge in [0.1, 0.15) is 0 Å². The monoisotopic (exact) mass is 221 g/mol. The molecule has 3 heteroatoms. The van der Waals surface area contributed by atoms with Crippen LogP contribution in [0, 0.1) is 0 Å². The molecule has 0 saturated carbocycles. The maximum absolute atomic E-state index is 11.0. The van der Waals surface area contributed by atoms with Gasteiger partial charge in [-0.15, -0.1) is 0 Å². The fourth-order valence-corrected chi connectivity index (χ4v) is 1.51. The third kappa shape index (κ3) is 4.94. The minimum absolute atomic E-state index is 0.163.